The van der Waals surface area contributed by atoms with Crippen molar-refractivity contribution < 1.29 is 5.11 Å². The standard InChI is InChI=1S/C9H17NO/c1-4-9(7-11)5-8(2)6-10(9)3/h11H,2,4-7H2,1,3H3. The maximum absolute atomic E-state index is 9.22. The van der Waals surface area contributed by atoms with Crippen molar-refractivity contribution in [3.63, 3.8) is 0 Å². The Balaban J connectivity index is 2.75. The van der Waals surface area contributed by atoms with Crippen LogP contribution in [0, 0.1) is 0 Å². The molecule has 2 heteroatoms. The Morgan fingerprint density at radius 3 is 2.55 bits per heavy atom. The van der Waals surface area contributed by atoms with Gasteiger partial charge in [-0.2, -0.15) is 0 Å². The molecular weight excluding hydrogens is 138 g/mol. The fourth-order valence-electron chi connectivity index (χ4n) is 1.84. The number of likely N-dealkylation sites (N-methyl/N-ethyl adjacent to an activating group) is 1. The van der Waals surface area contributed by atoms with Crippen LogP contribution in [0.5, 0.6) is 0 Å². The van der Waals surface area contributed by atoms with Crippen molar-refractivity contribution in [3.8, 4) is 0 Å². The maximum Gasteiger partial charge on any atom is 0.0618 e. The van der Waals surface area contributed by atoms with E-state index in [1.165, 1.54) is 5.57 Å². The molecule has 1 atom stereocenters. The van der Waals surface area contributed by atoms with Gasteiger partial charge in [0.15, 0.2) is 0 Å². The first kappa shape index (κ1) is 8.75. The van der Waals surface area contributed by atoms with Crippen LogP contribution in [0.4, 0.5) is 0 Å². The van der Waals surface area contributed by atoms with E-state index in [0.717, 1.165) is 19.4 Å². The summed E-state index contributed by atoms with van der Waals surface area (Å²) in [5.74, 6) is 0. The third kappa shape index (κ3) is 1.33. The molecule has 0 aromatic carbocycles. The number of nitrogens with zero attached hydrogens (tertiary/aromatic N) is 1. The van der Waals surface area contributed by atoms with Gasteiger partial charge in [0, 0.05) is 12.1 Å². The Kier molecular flexibility index (Phi) is 2.35. The Labute approximate surface area is 68.5 Å². The predicted molar refractivity (Wildman–Crippen MR) is 46.5 cm³/mol. The van der Waals surface area contributed by atoms with Crippen LogP contribution in [0.1, 0.15) is 19.8 Å². The van der Waals surface area contributed by atoms with Gasteiger partial charge in [-0.15, -0.1) is 0 Å². The molecule has 0 amide bonds. The van der Waals surface area contributed by atoms with Crippen LogP contribution in [-0.4, -0.2) is 35.7 Å². The van der Waals surface area contributed by atoms with E-state index in [4.69, 9.17) is 0 Å². The average Bonchev–Trinajstić information content (AvgIpc) is 2.27. The quantitative estimate of drug-likeness (QED) is 0.602. The molecule has 0 saturated carbocycles. The second-order valence-electron chi connectivity index (χ2n) is 3.52. The highest BCUT2D eigenvalue weighted by Crippen LogP contribution is 2.32. The molecule has 11 heavy (non-hydrogen) atoms. The third-order valence-corrected chi connectivity index (χ3v) is 2.80. The van der Waals surface area contributed by atoms with E-state index in [-0.39, 0.29) is 12.1 Å². The van der Waals surface area contributed by atoms with Crippen LogP contribution in [0.2, 0.25) is 0 Å². The van der Waals surface area contributed by atoms with Crippen LogP contribution in [0.25, 0.3) is 0 Å². The molecule has 0 radical (unpaired) electrons. The fraction of sp³-hybridized carbons (Fsp3) is 0.778. The average molecular weight is 155 g/mol. The van der Waals surface area contributed by atoms with E-state index < -0.39 is 0 Å². The van der Waals surface area contributed by atoms with Gasteiger partial charge in [0.25, 0.3) is 0 Å². The number of aliphatic hydroxyl groups excluding tert-OH is 1. The molecule has 1 aliphatic heterocycles. The first-order chi connectivity index (χ1) is 5.14. The smallest absolute Gasteiger partial charge is 0.0618 e. The normalized spacial score (nSPS) is 33.2. The molecule has 1 unspecified atom stereocenters. The minimum atomic E-state index is -0.00289. The summed E-state index contributed by atoms with van der Waals surface area (Å²) in [5.41, 5.74) is 1.24. The monoisotopic (exact) mass is 155 g/mol. The van der Waals surface area contributed by atoms with E-state index in [0.29, 0.717) is 0 Å². The lowest BCUT2D eigenvalue weighted by molar-refractivity contribution is 0.0805. The van der Waals surface area contributed by atoms with Gasteiger partial charge in [0.05, 0.1) is 6.61 Å². The van der Waals surface area contributed by atoms with Gasteiger partial charge in [-0.3, -0.25) is 4.90 Å². The lowest BCUT2D eigenvalue weighted by Gasteiger charge is -2.32. The van der Waals surface area contributed by atoms with Crippen molar-refractivity contribution in [1.82, 2.24) is 4.90 Å². The van der Waals surface area contributed by atoms with E-state index in [1.54, 1.807) is 0 Å². The summed E-state index contributed by atoms with van der Waals surface area (Å²) in [6, 6.07) is 0. The summed E-state index contributed by atoms with van der Waals surface area (Å²) in [6.07, 6.45) is 1.95. The Bertz CT molecular complexity index is 161. The topological polar surface area (TPSA) is 23.5 Å². The highest BCUT2D eigenvalue weighted by atomic mass is 16.3. The van der Waals surface area contributed by atoms with Crippen LogP contribution >= 0.6 is 0 Å². The summed E-state index contributed by atoms with van der Waals surface area (Å²) >= 11 is 0. The highest BCUT2D eigenvalue weighted by Gasteiger charge is 2.37. The third-order valence-electron chi connectivity index (χ3n) is 2.80. The molecule has 1 saturated heterocycles. The van der Waals surface area contributed by atoms with Gasteiger partial charge in [0.1, 0.15) is 0 Å². The molecule has 0 bridgehead atoms. The molecular formula is C9H17NO. The minimum absolute atomic E-state index is 0.00289. The largest absolute Gasteiger partial charge is 0.394 e. The number of likely N-dealkylation sites (tertiary alicyclic amines) is 1. The Morgan fingerprint density at radius 2 is 2.36 bits per heavy atom. The molecule has 0 aromatic rings. The van der Waals surface area contributed by atoms with Crippen LogP contribution in [0.3, 0.4) is 0 Å². The number of hydrogen-bond acceptors (Lipinski definition) is 2. The molecule has 0 spiro atoms. The molecule has 64 valence electrons. The van der Waals surface area contributed by atoms with Crippen molar-refractivity contribution >= 4 is 0 Å². The molecule has 1 heterocycles. The Morgan fingerprint density at radius 1 is 1.73 bits per heavy atom. The second-order valence-corrected chi connectivity index (χ2v) is 3.52. The number of hydrogen-bond donors (Lipinski definition) is 1. The van der Waals surface area contributed by atoms with Crippen molar-refractivity contribution in [2.24, 2.45) is 0 Å². The lowest BCUT2D eigenvalue weighted by atomic mass is 9.93. The van der Waals surface area contributed by atoms with Gasteiger partial charge in [-0.25, -0.2) is 0 Å². The Hall–Kier alpha value is -0.340. The summed E-state index contributed by atoms with van der Waals surface area (Å²) < 4.78 is 0. The zero-order valence-electron chi connectivity index (χ0n) is 7.43. The first-order valence-electron chi connectivity index (χ1n) is 4.13. The van der Waals surface area contributed by atoms with E-state index in [2.05, 4.69) is 25.5 Å². The second kappa shape index (κ2) is 2.95. The zero-order valence-corrected chi connectivity index (χ0v) is 7.43. The van der Waals surface area contributed by atoms with Gasteiger partial charge >= 0.3 is 0 Å². The maximum atomic E-state index is 9.22. The molecule has 2 nitrogen and oxygen atoms in total. The van der Waals surface area contributed by atoms with Crippen LogP contribution in [0.15, 0.2) is 12.2 Å². The van der Waals surface area contributed by atoms with E-state index in [1.807, 2.05) is 0 Å². The highest BCUT2D eigenvalue weighted by molar-refractivity contribution is 5.14. The van der Waals surface area contributed by atoms with Gasteiger partial charge in [-0.05, 0) is 19.9 Å². The van der Waals surface area contributed by atoms with E-state index in [9.17, 15) is 5.11 Å². The van der Waals surface area contributed by atoms with Gasteiger partial charge in [0.2, 0.25) is 0 Å². The minimum Gasteiger partial charge on any atom is -0.394 e. The molecule has 1 rings (SSSR count). The zero-order chi connectivity index (χ0) is 8.48. The van der Waals surface area contributed by atoms with Crippen LogP contribution < -0.4 is 0 Å². The lowest BCUT2D eigenvalue weighted by Crippen LogP contribution is -2.43. The number of aliphatic hydroxyl groups is 1. The van der Waals surface area contributed by atoms with E-state index >= 15 is 0 Å². The SMILES string of the molecule is C=C1CN(C)C(CC)(CO)C1. The van der Waals surface area contributed by atoms with Crippen molar-refractivity contribution in [2.45, 2.75) is 25.3 Å². The number of rotatable bonds is 2. The van der Waals surface area contributed by atoms with Crippen molar-refractivity contribution in [2.75, 3.05) is 20.2 Å². The molecule has 1 aliphatic rings. The first-order valence-corrected chi connectivity index (χ1v) is 4.13. The molecule has 1 fully saturated rings. The summed E-state index contributed by atoms with van der Waals surface area (Å²) in [5, 5.41) is 9.22. The molecule has 0 aromatic heterocycles. The summed E-state index contributed by atoms with van der Waals surface area (Å²) in [7, 11) is 2.05. The van der Waals surface area contributed by atoms with Crippen LogP contribution in [-0.2, 0) is 0 Å². The van der Waals surface area contributed by atoms with Gasteiger partial charge < -0.3 is 5.11 Å². The van der Waals surface area contributed by atoms with Crippen molar-refractivity contribution in [1.29, 1.82) is 0 Å². The predicted octanol–water partition coefficient (Wildman–Crippen LogP) is 1.02. The van der Waals surface area contributed by atoms with Gasteiger partial charge in [-0.1, -0.05) is 19.1 Å². The molecule has 0 aliphatic carbocycles. The fourth-order valence-corrected chi connectivity index (χ4v) is 1.84. The summed E-state index contributed by atoms with van der Waals surface area (Å²) in [6.45, 7) is 7.25. The summed E-state index contributed by atoms with van der Waals surface area (Å²) in [4.78, 5) is 2.20. The molecule has 1 N–H and O–H groups in total. The van der Waals surface area contributed by atoms with Crippen molar-refractivity contribution in [3.05, 3.63) is 12.2 Å².